The van der Waals surface area contributed by atoms with E-state index in [4.69, 9.17) is 4.74 Å². The van der Waals surface area contributed by atoms with E-state index in [-0.39, 0.29) is 0 Å². The first-order chi connectivity index (χ1) is 6.08. The van der Waals surface area contributed by atoms with Crippen LogP contribution in [-0.2, 0) is 4.74 Å². The number of ether oxygens (including phenoxy) is 1. The molecule has 0 aliphatic carbocycles. The molecule has 2 N–H and O–H groups in total. The van der Waals surface area contributed by atoms with Gasteiger partial charge in [-0.05, 0) is 33.4 Å². The number of hydrogen-bond acceptors (Lipinski definition) is 3. The fourth-order valence-electron chi connectivity index (χ4n) is 1.18. The minimum atomic E-state index is -0.454. The van der Waals surface area contributed by atoms with Crippen LogP contribution in [0.2, 0.25) is 0 Å². The molecule has 0 radical (unpaired) electrons. The summed E-state index contributed by atoms with van der Waals surface area (Å²) in [6.45, 7) is 6.50. The van der Waals surface area contributed by atoms with Crippen molar-refractivity contribution < 1.29 is 9.84 Å². The van der Waals surface area contributed by atoms with Crippen molar-refractivity contribution in [2.45, 2.75) is 39.3 Å². The van der Waals surface area contributed by atoms with Gasteiger partial charge in [0.1, 0.15) is 5.72 Å². The standard InChI is InChI=1S/C10H21NO2/c1-5-7-9(12)8-10(3,11-4)13-6-2/h7,11-12H,5-6,8H2,1-4H3/b9-7-. The van der Waals surface area contributed by atoms with Gasteiger partial charge in [-0.1, -0.05) is 6.92 Å². The second-order valence-electron chi connectivity index (χ2n) is 3.19. The summed E-state index contributed by atoms with van der Waals surface area (Å²) in [4.78, 5) is 0. The lowest BCUT2D eigenvalue weighted by atomic mass is 10.1. The minimum Gasteiger partial charge on any atom is -0.512 e. The zero-order valence-corrected chi connectivity index (χ0v) is 9.05. The van der Waals surface area contributed by atoms with Gasteiger partial charge in [-0.15, -0.1) is 0 Å². The number of rotatable bonds is 6. The Hall–Kier alpha value is -0.540. The van der Waals surface area contributed by atoms with Gasteiger partial charge in [-0.2, -0.15) is 0 Å². The van der Waals surface area contributed by atoms with Crippen LogP contribution in [0.15, 0.2) is 11.8 Å². The monoisotopic (exact) mass is 187 g/mol. The highest BCUT2D eigenvalue weighted by atomic mass is 16.5. The Morgan fingerprint density at radius 3 is 2.54 bits per heavy atom. The molecule has 0 aliphatic rings. The Kier molecular flexibility index (Phi) is 5.75. The van der Waals surface area contributed by atoms with Crippen molar-refractivity contribution in [2.24, 2.45) is 0 Å². The summed E-state index contributed by atoms with van der Waals surface area (Å²) in [5.74, 6) is 0.382. The summed E-state index contributed by atoms with van der Waals surface area (Å²) in [5.41, 5.74) is -0.454. The lowest BCUT2D eigenvalue weighted by Crippen LogP contribution is -2.42. The molecular weight excluding hydrogens is 166 g/mol. The highest BCUT2D eigenvalue weighted by Crippen LogP contribution is 2.16. The molecule has 0 aromatic carbocycles. The van der Waals surface area contributed by atoms with Crippen LogP contribution in [-0.4, -0.2) is 24.5 Å². The lowest BCUT2D eigenvalue weighted by molar-refractivity contribution is -0.0508. The zero-order chi connectivity index (χ0) is 10.3. The van der Waals surface area contributed by atoms with E-state index in [1.165, 1.54) is 0 Å². The second-order valence-corrected chi connectivity index (χ2v) is 3.19. The number of aliphatic hydroxyl groups excluding tert-OH is 1. The molecule has 0 rings (SSSR count). The van der Waals surface area contributed by atoms with Crippen LogP contribution in [0.4, 0.5) is 0 Å². The van der Waals surface area contributed by atoms with Gasteiger partial charge >= 0.3 is 0 Å². The quantitative estimate of drug-likeness (QED) is 0.495. The molecule has 3 heteroatoms. The van der Waals surface area contributed by atoms with E-state index in [0.29, 0.717) is 18.8 Å². The Morgan fingerprint density at radius 2 is 2.15 bits per heavy atom. The number of allylic oxidation sites excluding steroid dienone is 1. The topological polar surface area (TPSA) is 41.5 Å². The molecule has 1 unspecified atom stereocenters. The number of nitrogens with one attached hydrogen (secondary N) is 1. The van der Waals surface area contributed by atoms with E-state index in [1.807, 2.05) is 27.8 Å². The van der Waals surface area contributed by atoms with Gasteiger partial charge in [0, 0.05) is 13.0 Å². The fourth-order valence-corrected chi connectivity index (χ4v) is 1.18. The van der Waals surface area contributed by atoms with E-state index in [0.717, 1.165) is 6.42 Å². The van der Waals surface area contributed by atoms with Gasteiger partial charge in [0.05, 0.1) is 5.76 Å². The first kappa shape index (κ1) is 12.5. The van der Waals surface area contributed by atoms with Crippen LogP contribution in [0.5, 0.6) is 0 Å². The van der Waals surface area contributed by atoms with Gasteiger partial charge in [-0.25, -0.2) is 0 Å². The first-order valence-corrected chi connectivity index (χ1v) is 4.78. The van der Waals surface area contributed by atoms with Crippen molar-refractivity contribution in [2.75, 3.05) is 13.7 Å². The Labute approximate surface area is 80.8 Å². The molecule has 0 bridgehead atoms. The SMILES string of the molecule is CC/C=C(\O)CC(C)(NC)OCC. The van der Waals surface area contributed by atoms with Crippen LogP contribution in [0.25, 0.3) is 0 Å². The molecule has 13 heavy (non-hydrogen) atoms. The van der Waals surface area contributed by atoms with Crippen LogP contribution in [0.3, 0.4) is 0 Å². The molecule has 0 aliphatic heterocycles. The maximum absolute atomic E-state index is 9.48. The van der Waals surface area contributed by atoms with E-state index < -0.39 is 5.72 Å². The molecule has 0 fully saturated rings. The molecule has 1 atom stereocenters. The van der Waals surface area contributed by atoms with Crippen LogP contribution >= 0.6 is 0 Å². The Balaban J connectivity index is 4.17. The third-order valence-electron chi connectivity index (χ3n) is 1.95. The third-order valence-corrected chi connectivity index (χ3v) is 1.95. The lowest BCUT2D eigenvalue weighted by Gasteiger charge is -2.28. The molecule has 0 spiro atoms. The molecular formula is C10H21NO2. The molecule has 0 amide bonds. The molecule has 0 saturated carbocycles. The predicted octanol–water partition coefficient (Wildman–Crippen LogP) is 2.20. The summed E-state index contributed by atoms with van der Waals surface area (Å²) in [6, 6.07) is 0. The van der Waals surface area contributed by atoms with E-state index in [1.54, 1.807) is 6.08 Å². The highest BCUT2D eigenvalue weighted by molar-refractivity contribution is 4.95. The summed E-state index contributed by atoms with van der Waals surface area (Å²) in [7, 11) is 1.83. The minimum absolute atomic E-state index is 0.382. The van der Waals surface area contributed by atoms with Crippen LogP contribution < -0.4 is 5.32 Å². The Morgan fingerprint density at radius 1 is 1.54 bits per heavy atom. The number of hydrogen-bond donors (Lipinski definition) is 2. The molecule has 78 valence electrons. The van der Waals surface area contributed by atoms with Gasteiger partial charge in [0.15, 0.2) is 0 Å². The average Bonchev–Trinajstić information content (AvgIpc) is 2.05. The molecule has 0 saturated heterocycles. The van der Waals surface area contributed by atoms with Gasteiger partial charge in [-0.3, -0.25) is 5.32 Å². The fraction of sp³-hybridized carbons (Fsp3) is 0.800. The summed E-state index contributed by atoms with van der Waals surface area (Å²) < 4.78 is 5.48. The van der Waals surface area contributed by atoms with E-state index in [2.05, 4.69) is 5.32 Å². The van der Waals surface area contributed by atoms with Crippen molar-refractivity contribution in [1.29, 1.82) is 0 Å². The summed E-state index contributed by atoms with van der Waals surface area (Å²) in [5, 5.41) is 12.5. The molecule has 0 heterocycles. The molecule has 3 nitrogen and oxygen atoms in total. The maximum Gasteiger partial charge on any atom is 0.123 e. The van der Waals surface area contributed by atoms with Gasteiger partial charge in [0.25, 0.3) is 0 Å². The molecule has 0 aromatic heterocycles. The second kappa shape index (κ2) is 6.00. The number of aliphatic hydroxyl groups is 1. The normalized spacial score (nSPS) is 17.1. The summed E-state index contributed by atoms with van der Waals surface area (Å²) in [6.07, 6.45) is 3.15. The largest absolute Gasteiger partial charge is 0.512 e. The van der Waals surface area contributed by atoms with Crippen LogP contribution in [0.1, 0.15) is 33.6 Å². The van der Waals surface area contributed by atoms with Gasteiger partial charge in [0.2, 0.25) is 0 Å². The van der Waals surface area contributed by atoms with Crippen molar-refractivity contribution in [3.8, 4) is 0 Å². The van der Waals surface area contributed by atoms with E-state index >= 15 is 0 Å². The van der Waals surface area contributed by atoms with Crippen molar-refractivity contribution >= 4 is 0 Å². The van der Waals surface area contributed by atoms with Crippen molar-refractivity contribution in [3.05, 3.63) is 11.8 Å². The third kappa shape index (κ3) is 4.90. The first-order valence-electron chi connectivity index (χ1n) is 4.78. The highest BCUT2D eigenvalue weighted by Gasteiger charge is 2.23. The van der Waals surface area contributed by atoms with Crippen molar-refractivity contribution in [1.82, 2.24) is 5.32 Å². The van der Waals surface area contributed by atoms with E-state index in [9.17, 15) is 5.11 Å². The zero-order valence-electron chi connectivity index (χ0n) is 9.05. The smallest absolute Gasteiger partial charge is 0.123 e. The maximum atomic E-state index is 9.48. The molecule has 0 aromatic rings. The Bertz CT molecular complexity index is 168. The predicted molar refractivity (Wildman–Crippen MR) is 54.7 cm³/mol. The van der Waals surface area contributed by atoms with Gasteiger partial charge < -0.3 is 9.84 Å². The average molecular weight is 187 g/mol. The van der Waals surface area contributed by atoms with Crippen molar-refractivity contribution in [3.63, 3.8) is 0 Å². The van der Waals surface area contributed by atoms with Crippen LogP contribution in [0, 0.1) is 0 Å². The summed E-state index contributed by atoms with van der Waals surface area (Å²) >= 11 is 0.